The lowest BCUT2D eigenvalue weighted by Crippen LogP contribution is -2.47. The van der Waals surface area contributed by atoms with E-state index >= 15 is 0 Å². The summed E-state index contributed by atoms with van der Waals surface area (Å²) in [5, 5.41) is 7.19. The fraction of sp³-hybridized carbons (Fsp3) is 0.947. The predicted octanol–water partition coefficient (Wildman–Crippen LogP) is 2.85. The first-order chi connectivity index (χ1) is 11.1. The van der Waals surface area contributed by atoms with E-state index in [1.54, 1.807) is 0 Å². The lowest BCUT2D eigenvalue weighted by atomic mass is 9.64. The maximum atomic E-state index is 4.44. The van der Waals surface area contributed by atoms with Crippen LogP contribution < -0.4 is 10.6 Å². The topological polar surface area (TPSA) is 39.7 Å². The number of rotatable bonds is 7. The molecule has 3 aliphatic rings. The molecule has 23 heavy (non-hydrogen) atoms. The van der Waals surface area contributed by atoms with Crippen LogP contribution in [-0.2, 0) is 0 Å². The van der Waals surface area contributed by atoms with E-state index in [2.05, 4.69) is 34.4 Å². The third kappa shape index (κ3) is 4.62. The molecule has 0 aromatic rings. The third-order valence-corrected chi connectivity index (χ3v) is 6.05. The largest absolute Gasteiger partial charge is 0.356 e. The highest BCUT2D eigenvalue weighted by Crippen LogP contribution is 2.45. The van der Waals surface area contributed by atoms with Crippen LogP contribution in [0.5, 0.6) is 0 Å². The molecule has 0 spiro atoms. The summed E-state index contributed by atoms with van der Waals surface area (Å²) in [5.41, 5.74) is 0.530. The van der Waals surface area contributed by atoms with Crippen molar-refractivity contribution in [3.63, 3.8) is 0 Å². The number of guanidine groups is 1. The fourth-order valence-corrected chi connectivity index (χ4v) is 4.53. The quantitative estimate of drug-likeness (QED) is 0.560. The summed E-state index contributed by atoms with van der Waals surface area (Å²) < 4.78 is 0. The molecule has 1 atom stereocenters. The van der Waals surface area contributed by atoms with Crippen molar-refractivity contribution >= 4 is 5.96 Å². The van der Waals surface area contributed by atoms with E-state index in [-0.39, 0.29) is 0 Å². The zero-order valence-electron chi connectivity index (χ0n) is 15.4. The van der Waals surface area contributed by atoms with Crippen molar-refractivity contribution in [3.05, 3.63) is 0 Å². The smallest absolute Gasteiger partial charge is 0.191 e. The number of nitrogens with one attached hydrogen (secondary N) is 2. The summed E-state index contributed by atoms with van der Waals surface area (Å²) in [4.78, 5) is 7.13. The van der Waals surface area contributed by atoms with Crippen LogP contribution in [0.1, 0.15) is 58.8 Å². The second kappa shape index (κ2) is 7.42. The van der Waals surface area contributed by atoms with Crippen molar-refractivity contribution in [1.29, 1.82) is 0 Å². The third-order valence-electron chi connectivity index (χ3n) is 6.05. The van der Waals surface area contributed by atoms with E-state index in [0.717, 1.165) is 36.9 Å². The van der Waals surface area contributed by atoms with E-state index in [4.69, 9.17) is 0 Å². The Morgan fingerprint density at radius 2 is 2.00 bits per heavy atom. The molecule has 1 heterocycles. The molecule has 2 aliphatic carbocycles. The highest BCUT2D eigenvalue weighted by atomic mass is 15.2. The van der Waals surface area contributed by atoms with Gasteiger partial charge >= 0.3 is 0 Å². The number of aliphatic imine (C=N–C) groups is 1. The summed E-state index contributed by atoms with van der Waals surface area (Å²) in [6.07, 6.45) is 9.72. The molecule has 2 saturated carbocycles. The molecule has 0 bridgehead atoms. The molecule has 3 fully saturated rings. The van der Waals surface area contributed by atoms with Gasteiger partial charge in [0.1, 0.15) is 0 Å². The van der Waals surface area contributed by atoms with Crippen LogP contribution in [0.3, 0.4) is 0 Å². The van der Waals surface area contributed by atoms with Gasteiger partial charge in [-0.05, 0) is 62.3 Å². The lowest BCUT2D eigenvalue weighted by molar-refractivity contribution is 0.104. The highest BCUT2D eigenvalue weighted by molar-refractivity contribution is 5.79. The molecule has 4 nitrogen and oxygen atoms in total. The predicted molar refractivity (Wildman–Crippen MR) is 97.8 cm³/mol. The van der Waals surface area contributed by atoms with Crippen molar-refractivity contribution in [2.75, 3.05) is 33.2 Å². The second-order valence-corrected chi connectivity index (χ2v) is 8.64. The molecule has 0 aromatic carbocycles. The molecule has 4 heteroatoms. The minimum absolute atomic E-state index is 0.530. The Bertz CT molecular complexity index is 410. The second-order valence-electron chi connectivity index (χ2n) is 8.64. The zero-order chi connectivity index (χ0) is 16.3. The Morgan fingerprint density at radius 1 is 1.22 bits per heavy atom. The number of hydrogen-bond donors (Lipinski definition) is 2. The van der Waals surface area contributed by atoms with E-state index in [1.165, 1.54) is 58.0 Å². The van der Waals surface area contributed by atoms with Crippen LogP contribution in [0.4, 0.5) is 0 Å². The lowest BCUT2D eigenvalue weighted by Gasteiger charge is -2.43. The van der Waals surface area contributed by atoms with Gasteiger partial charge in [-0.2, -0.15) is 0 Å². The standard InChI is InChI=1S/C19H36N4/c1-15(2)11-19(8-4-9-19)14-22-18(20-3)21-12-16-7-10-23(13-16)17-5-6-17/h15-17H,4-14H2,1-3H3,(H2,20,21,22). The molecule has 0 radical (unpaired) electrons. The summed E-state index contributed by atoms with van der Waals surface area (Å²) in [7, 11) is 1.90. The molecule has 3 rings (SSSR count). The van der Waals surface area contributed by atoms with Crippen LogP contribution in [0.2, 0.25) is 0 Å². The first-order valence-corrected chi connectivity index (χ1v) is 9.79. The SMILES string of the molecule is CN=C(NCC1CCN(C2CC2)C1)NCC1(CC(C)C)CCC1. The first-order valence-electron chi connectivity index (χ1n) is 9.79. The van der Waals surface area contributed by atoms with Gasteiger partial charge in [0.25, 0.3) is 0 Å². The Morgan fingerprint density at radius 3 is 2.57 bits per heavy atom. The Kier molecular flexibility index (Phi) is 5.50. The van der Waals surface area contributed by atoms with Crippen LogP contribution in [0, 0.1) is 17.3 Å². The van der Waals surface area contributed by atoms with Gasteiger partial charge in [0.05, 0.1) is 0 Å². The molecule has 0 aromatic heterocycles. The number of nitrogens with zero attached hydrogens (tertiary/aromatic N) is 2. The summed E-state index contributed by atoms with van der Waals surface area (Å²) in [5.74, 6) is 2.59. The van der Waals surface area contributed by atoms with Gasteiger partial charge in [-0.25, -0.2) is 0 Å². The van der Waals surface area contributed by atoms with Crippen LogP contribution in [0.25, 0.3) is 0 Å². The molecule has 1 unspecified atom stereocenters. The zero-order valence-corrected chi connectivity index (χ0v) is 15.4. The molecule has 1 saturated heterocycles. The van der Waals surface area contributed by atoms with Crippen molar-refractivity contribution < 1.29 is 0 Å². The Labute approximate surface area is 142 Å². The number of likely N-dealkylation sites (tertiary alicyclic amines) is 1. The highest BCUT2D eigenvalue weighted by Gasteiger charge is 2.37. The fourth-order valence-electron chi connectivity index (χ4n) is 4.53. The molecule has 2 N–H and O–H groups in total. The molecule has 1 aliphatic heterocycles. The van der Waals surface area contributed by atoms with Crippen LogP contribution in [0.15, 0.2) is 4.99 Å². The number of hydrogen-bond acceptors (Lipinski definition) is 2. The molecule has 0 amide bonds. The van der Waals surface area contributed by atoms with Crippen molar-refractivity contribution in [2.24, 2.45) is 22.2 Å². The van der Waals surface area contributed by atoms with Crippen LogP contribution >= 0.6 is 0 Å². The first kappa shape index (κ1) is 17.1. The van der Waals surface area contributed by atoms with Crippen molar-refractivity contribution in [2.45, 2.75) is 64.8 Å². The Hall–Kier alpha value is -0.770. The minimum Gasteiger partial charge on any atom is -0.356 e. The maximum Gasteiger partial charge on any atom is 0.191 e. The average molecular weight is 321 g/mol. The van der Waals surface area contributed by atoms with Gasteiger partial charge in [-0.15, -0.1) is 0 Å². The summed E-state index contributed by atoms with van der Waals surface area (Å²) in [6.45, 7) is 9.44. The minimum atomic E-state index is 0.530. The van der Waals surface area contributed by atoms with Gasteiger partial charge in [0, 0.05) is 32.7 Å². The molecule has 132 valence electrons. The normalized spacial score (nSPS) is 28.0. The average Bonchev–Trinajstić information content (AvgIpc) is 3.23. The van der Waals surface area contributed by atoms with Gasteiger partial charge in [-0.1, -0.05) is 20.3 Å². The van der Waals surface area contributed by atoms with Gasteiger partial charge in [0.2, 0.25) is 0 Å². The van der Waals surface area contributed by atoms with E-state index in [0.29, 0.717) is 5.41 Å². The Balaban J connectivity index is 1.38. The van der Waals surface area contributed by atoms with Crippen molar-refractivity contribution in [1.82, 2.24) is 15.5 Å². The molecular formula is C19H36N4. The van der Waals surface area contributed by atoms with E-state index in [1.807, 2.05) is 7.05 Å². The van der Waals surface area contributed by atoms with E-state index < -0.39 is 0 Å². The monoisotopic (exact) mass is 320 g/mol. The van der Waals surface area contributed by atoms with Gasteiger partial charge in [0.15, 0.2) is 5.96 Å². The maximum absolute atomic E-state index is 4.44. The molecular weight excluding hydrogens is 284 g/mol. The van der Waals surface area contributed by atoms with Crippen LogP contribution in [-0.4, -0.2) is 50.1 Å². The summed E-state index contributed by atoms with van der Waals surface area (Å²) >= 11 is 0. The van der Waals surface area contributed by atoms with Gasteiger partial charge < -0.3 is 15.5 Å². The van der Waals surface area contributed by atoms with Crippen molar-refractivity contribution in [3.8, 4) is 0 Å². The summed E-state index contributed by atoms with van der Waals surface area (Å²) in [6, 6.07) is 0.923. The van der Waals surface area contributed by atoms with E-state index in [9.17, 15) is 0 Å². The van der Waals surface area contributed by atoms with Gasteiger partial charge in [-0.3, -0.25) is 4.99 Å².